The molecule has 1 atom stereocenters. The second-order valence-electron chi connectivity index (χ2n) is 6.34. The third kappa shape index (κ3) is 6.62. The van der Waals surface area contributed by atoms with Gasteiger partial charge in [0.1, 0.15) is 5.75 Å². The minimum Gasteiger partial charge on any atom is -0.497 e. The fraction of sp³-hybridized carbons (Fsp3) is 0.300. The van der Waals surface area contributed by atoms with Gasteiger partial charge in [-0.2, -0.15) is 0 Å². The number of nitrogens with one attached hydrogen (secondary N) is 2. The molecule has 7 heteroatoms. The van der Waals surface area contributed by atoms with Crippen LogP contribution in [-0.4, -0.2) is 31.5 Å². The standard InChI is InChI=1S/C20H25N3O3S/c1-13(2)19(21)20(25)22-12-18(24)23-14-4-8-16(9-5-14)27-17-10-6-15(26-3)7-11-17/h4-11,13,19H,12,21H2,1-3H3,(H,22,25)(H,23,24)/t19-/m0/s1. The molecule has 27 heavy (non-hydrogen) atoms. The molecule has 2 aromatic rings. The van der Waals surface area contributed by atoms with E-state index in [0.717, 1.165) is 15.5 Å². The van der Waals surface area contributed by atoms with Crippen molar-refractivity contribution in [2.45, 2.75) is 29.7 Å². The van der Waals surface area contributed by atoms with Gasteiger partial charge in [-0.1, -0.05) is 25.6 Å². The van der Waals surface area contributed by atoms with E-state index in [9.17, 15) is 9.59 Å². The van der Waals surface area contributed by atoms with Gasteiger partial charge in [0.15, 0.2) is 0 Å². The third-order valence-corrected chi connectivity index (χ3v) is 4.89. The molecule has 2 aromatic carbocycles. The van der Waals surface area contributed by atoms with Crippen LogP contribution in [0.15, 0.2) is 58.3 Å². The van der Waals surface area contributed by atoms with E-state index >= 15 is 0 Å². The largest absolute Gasteiger partial charge is 0.497 e. The van der Waals surface area contributed by atoms with Gasteiger partial charge in [0.2, 0.25) is 11.8 Å². The minimum absolute atomic E-state index is 0.0174. The Hall–Kier alpha value is -2.51. The maximum atomic E-state index is 12.0. The van der Waals surface area contributed by atoms with E-state index in [1.165, 1.54) is 0 Å². The monoisotopic (exact) mass is 387 g/mol. The Bertz CT molecular complexity index is 761. The first kappa shape index (κ1) is 20.8. The van der Waals surface area contributed by atoms with Crippen LogP contribution in [-0.2, 0) is 9.59 Å². The molecule has 6 nitrogen and oxygen atoms in total. The fourth-order valence-electron chi connectivity index (χ4n) is 2.18. The number of ether oxygens (including phenoxy) is 1. The predicted octanol–water partition coefficient (Wildman–Crippen LogP) is 2.88. The Kier molecular flexibility index (Phi) is 7.69. The van der Waals surface area contributed by atoms with Gasteiger partial charge in [0.25, 0.3) is 0 Å². The summed E-state index contributed by atoms with van der Waals surface area (Å²) in [6.45, 7) is 3.60. The van der Waals surface area contributed by atoms with Crippen molar-refractivity contribution in [1.82, 2.24) is 5.32 Å². The normalized spacial score (nSPS) is 11.7. The van der Waals surface area contributed by atoms with Crippen LogP contribution in [0.2, 0.25) is 0 Å². The van der Waals surface area contributed by atoms with Crippen LogP contribution in [0.5, 0.6) is 5.75 Å². The highest BCUT2D eigenvalue weighted by atomic mass is 32.2. The highest BCUT2D eigenvalue weighted by Gasteiger charge is 2.17. The summed E-state index contributed by atoms with van der Waals surface area (Å²) in [5.41, 5.74) is 6.41. The molecule has 0 radical (unpaired) electrons. The number of anilines is 1. The molecule has 0 aliphatic rings. The summed E-state index contributed by atoms with van der Waals surface area (Å²) >= 11 is 1.62. The molecule has 144 valence electrons. The molecule has 0 bridgehead atoms. The summed E-state index contributed by atoms with van der Waals surface area (Å²) in [5.74, 6) is 0.212. The molecule has 0 saturated heterocycles. The van der Waals surface area contributed by atoms with E-state index in [-0.39, 0.29) is 24.3 Å². The summed E-state index contributed by atoms with van der Waals surface area (Å²) in [7, 11) is 1.64. The summed E-state index contributed by atoms with van der Waals surface area (Å²) in [5, 5.41) is 5.30. The van der Waals surface area contributed by atoms with Crippen molar-refractivity contribution in [3.05, 3.63) is 48.5 Å². The average Bonchev–Trinajstić information content (AvgIpc) is 2.67. The van der Waals surface area contributed by atoms with Crippen LogP contribution in [0.4, 0.5) is 5.69 Å². The lowest BCUT2D eigenvalue weighted by molar-refractivity contribution is -0.125. The summed E-state index contributed by atoms with van der Waals surface area (Å²) < 4.78 is 5.15. The fourth-order valence-corrected chi connectivity index (χ4v) is 3.00. The average molecular weight is 388 g/mol. The first-order chi connectivity index (χ1) is 12.9. The molecular formula is C20H25N3O3S. The smallest absolute Gasteiger partial charge is 0.243 e. The molecule has 0 spiro atoms. The predicted molar refractivity (Wildman–Crippen MR) is 108 cm³/mol. The first-order valence-corrected chi connectivity index (χ1v) is 9.46. The number of methoxy groups -OCH3 is 1. The van der Waals surface area contributed by atoms with Gasteiger partial charge >= 0.3 is 0 Å². The summed E-state index contributed by atoms with van der Waals surface area (Å²) in [6.07, 6.45) is 0. The van der Waals surface area contributed by atoms with Gasteiger partial charge in [-0.15, -0.1) is 0 Å². The molecule has 0 aromatic heterocycles. The number of amides is 2. The van der Waals surface area contributed by atoms with Crippen LogP contribution in [0.3, 0.4) is 0 Å². The second-order valence-corrected chi connectivity index (χ2v) is 7.48. The Morgan fingerprint density at radius 3 is 2.11 bits per heavy atom. The number of hydrogen-bond acceptors (Lipinski definition) is 5. The molecule has 0 aliphatic heterocycles. The lowest BCUT2D eigenvalue weighted by Crippen LogP contribution is -2.46. The number of nitrogens with two attached hydrogens (primary N) is 1. The molecule has 2 rings (SSSR count). The van der Waals surface area contributed by atoms with E-state index in [2.05, 4.69) is 10.6 Å². The second kappa shape index (κ2) is 9.99. The van der Waals surface area contributed by atoms with Crippen molar-refractivity contribution in [3.8, 4) is 5.75 Å². The van der Waals surface area contributed by atoms with Crippen LogP contribution >= 0.6 is 11.8 Å². The zero-order valence-electron chi connectivity index (χ0n) is 15.7. The SMILES string of the molecule is COc1ccc(Sc2ccc(NC(=O)CNC(=O)[C@@H](N)C(C)C)cc2)cc1. The van der Waals surface area contributed by atoms with Crippen molar-refractivity contribution in [1.29, 1.82) is 0 Å². The van der Waals surface area contributed by atoms with E-state index in [1.807, 2.05) is 62.4 Å². The van der Waals surface area contributed by atoms with Crippen LogP contribution in [0, 0.1) is 5.92 Å². The lowest BCUT2D eigenvalue weighted by atomic mass is 10.1. The lowest BCUT2D eigenvalue weighted by Gasteiger charge is -2.15. The highest BCUT2D eigenvalue weighted by molar-refractivity contribution is 7.99. The van der Waals surface area contributed by atoms with Crippen LogP contribution in [0.1, 0.15) is 13.8 Å². The molecule has 2 amide bonds. The molecule has 0 heterocycles. The van der Waals surface area contributed by atoms with E-state index in [4.69, 9.17) is 10.5 Å². The van der Waals surface area contributed by atoms with Gasteiger partial charge in [-0.05, 0) is 54.4 Å². The summed E-state index contributed by atoms with van der Waals surface area (Å²) in [4.78, 5) is 25.9. The number of rotatable bonds is 8. The van der Waals surface area contributed by atoms with Gasteiger partial charge in [0, 0.05) is 15.5 Å². The Balaban J connectivity index is 1.83. The zero-order chi connectivity index (χ0) is 19.8. The topological polar surface area (TPSA) is 93.5 Å². The Morgan fingerprint density at radius 1 is 1.04 bits per heavy atom. The molecular weight excluding hydrogens is 362 g/mol. The van der Waals surface area contributed by atoms with E-state index < -0.39 is 6.04 Å². The maximum absolute atomic E-state index is 12.0. The van der Waals surface area contributed by atoms with Gasteiger partial charge in [0.05, 0.1) is 19.7 Å². The quantitative estimate of drug-likeness (QED) is 0.648. The Morgan fingerprint density at radius 2 is 1.59 bits per heavy atom. The van der Waals surface area contributed by atoms with Gasteiger partial charge in [-0.3, -0.25) is 9.59 Å². The minimum atomic E-state index is -0.618. The van der Waals surface area contributed by atoms with E-state index in [1.54, 1.807) is 18.9 Å². The van der Waals surface area contributed by atoms with Crippen molar-refractivity contribution >= 4 is 29.3 Å². The highest BCUT2D eigenvalue weighted by Crippen LogP contribution is 2.29. The van der Waals surface area contributed by atoms with Crippen molar-refractivity contribution in [3.63, 3.8) is 0 Å². The van der Waals surface area contributed by atoms with Crippen molar-refractivity contribution in [2.75, 3.05) is 19.0 Å². The number of hydrogen-bond donors (Lipinski definition) is 3. The third-order valence-electron chi connectivity index (χ3n) is 3.88. The molecule has 0 unspecified atom stereocenters. The van der Waals surface area contributed by atoms with Gasteiger partial charge < -0.3 is 21.1 Å². The van der Waals surface area contributed by atoms with Gasteiger partial charge in [-0.25, -0.2) is 0 Å². The number of carbonyl (C=O) groups is 2. The molecule has 0 aliphatic carbocycles. The zero-order valence-corrected chi connectivity index (χ0v) is 16.5. The first-order valence-electron chi connectivity index (χ1n) is 8.64. The summed E-state index contributed by atoms with van der Waals surface area (Å²) in [6, 6.07) is 14.7. The molecule has 0 fully saturated rings. The Labute approximate surface area is 163 Å². The molecule has 4 N–H and O–H groups in total. The maximum Gasteiger partial charge on any atom is 0.243 e. The van der Waals surface area contributed by atoms with Crippen LogP contribution < -0.4 is 21.1 Å². The van der Waals surface area contributed by atoms with Crippen LogP contribution in [0.25, 0.3) is 0 Å². The van der Waals surface area contributed by atoms with E-state index in [0.29, 0.717) is 5.69 Å². The number of carbonyl (C=O) groups excluding carboxylic acids is 2. The van der Waals surface area contributed by atoms with Crippen molar-refractivity contribution in [2.24, 2.45) is 11.7 Å². The number of benzene rings is 2. The molecule has 0 saturated carbocycles. The van der Waals surface area contributed by atoms with Crippen molar-refractivity contribution < 1.29 is 14.3 Å².